The predicted molar refractivity (Wildman–Crippen MR) is 121 cm³/mol. The van der Waals surface area contributed by atoms with E-state index in [1.54, 1.807) is 0 Å². The molecular formula is C26H19ClF3NO2. The number of amides is 1. The first-order valence-corrected chi connectivity index (χ1v) is 10.7. The van der Waals surface area contributed by atoms with Crippen LogP contribution in [0.25, 0.3) is 11.1 Å². The summed E-state index contributed by atoms with van der Waals surface area (Å²) in [5, 5.41) is 2.58. The standard InChI is InChI=1S/C26H19ClF3NO2/c27-18-13-12-17(24(15-18)26(28,29)30)7-5-6-14-31-25(32)33-16-23-21-10-3-1-8-19(21)20-9-2-4-11-22(20)23/h1-4,8-13,15,23H,6,14,16H2,(H,31,32). The van der Waals surface area contributed by atoms with Crippen molar-refractivity contribution in [2.75, 3.05) is 13.2 Å². The third-order valence-electron chi connectivity index (χ3n) is 5.37. The van der Waals surface area contributed by atoms with E-state index in [-0.39, 0.29) is 36.1 Å². The molecule has 0 aromatic heterocycles. The zero-order valence-electron chi connectivity index (χ0n) is 17.4. The van der Waals surface area contributed by atoms with E-state index >= 15 is 0 Å². The van der Waals surface area contributed by atoms with Crippen LogP contribution in [0.2, 0.25) is 5.02 Å². The number of ether oxygens (including phenoxy) is 1. The Bertz CT molecular complexity index is 1200. The zero-order valence-corrected chi connectivity index (χ0v) is 18.1. The van der Waals surface area contributed by atoms with Gasteiger partial charge >= 0.3 is 12.3 Å². The summed E-state index contributed by atoms with van der Waals surface area (Å²) in [5.74, 6) is 5.10. The molecule has 1 N–H and O–H groups in total. The third kappa shape index (κ3) is 5.15. The van der Waals surface area contributed by atoms with Crippen LogP contribution < -0.4 is 5.32 Å². The Morgan fingerprint density at radius 3 is 2.27 bits per heavy atom. The Balaban J connectivity index is 1.31. The highest BCUT2D eigenvalue weighted by Gasteiger charge is 2.33. The third-order valence-corrected chi connectivity index (χ3v) is 5.61. The van der Waals surface area contributed by atoms with Gasteiger partial charge in [0, 0.05) is 29.5 Å². The summed E-state index contributed by atoms with van der Waals surface area (Å²) >= 11 is 5.66. The van der Waals surface area contributed by atoms with Crippen molar-refractivity contribution in [3.63, 3.8) is 0 Å². The molecule has 3 aromatic rings. The molecule has 168 valence electrons. The number of fused-ring (bicyclic) bond motifs is 3. The topological polar surface area (TPSA) is 38.3 Å². The molecule has 0 radical (unpaired) electrons. The van der Waals surface area contributed by atoms with E-state index in [2.05, 4.69) is 29.3 Å². The van der Waals surface area contributed by atoms with Crippen LogP contribution in [0, 0.1) is 11.8 Å². The van der Waals surface area contributed by atoms with Gasteiger partial charge in [-0.2, -0.15) is 13.2 Å². The summed E-state index contributed by atoms with van der Waals surface area (Å²) in [6.07, 6.45) is -4.97. The van der Waals surface area contributed by atoms with Crippen LogP contribution >= 0.6 is 11.6 Å². The van der Waals surface area contributed by atoms with E-state index < -0.39 is 17.8 Å². The Hall–Kier alpha value is -3.43. The summed E-state index contributed by atoms with van der Waals surface area (Å²) in [7, 11) is 0. The fraction of sp³-hybridized carbons (Fsp3) is 0.192. The van der Waals surface area contributed by atoms with Gasteiger partial charge < -0.3 is 10.1 Å². The van der Waals surface area contributed by atoms with Crippen molar-refractivity contribution in [3.8, 4) is 23.0 Å². The summed E-state index contributed by atoms with van der Waals surface area (Å²) in [6, 6.07) is 19.5. The lowest BCUT2D eigenvalue weighted by Crippen LogP contribution is -2.26. The number of alkyl halides is 3. The van der Waals surface area contributed by atoms with Crippen molar-refractivity contribution in [1.82, 2.24) is 5.32 Å². The molecule has 4 rings (SSSR count). The van der Waals surface area contributed by atoms with E-state index in [0.717, 1.165) is 28.3 Å². The molecule has 3 nitrogen and oxygen atoms in total. The van der Waals surface area contributed by atoms with Crippen molar-refractivity contribution >= 4 is 17.7 Å². The van der Waals surface area contributed by atoms with Gasteiger partial charge in [-0.3, -0.25) is 0 Å². The number of carbonyl (C=O) groups excluding carboxylic acids is 1. The molecule has 0 bridgehead atoms. The molecule has 1 aliphatic carbocycles. The fourth-order valence-corrected chi connectivity index (χ4v) is 4.07. The van der Waals surface area contributed by atoms with Gasteiger partial charge in [-0.05, 0) is 40.5 Å². The Labute approximate surface area is 194 Å². The second kappa shape index (κ2) is 9.60. The molecule has 0 saturated heterocycles. The maximum absolute atomic E-state index is 13.1. The maximum atomic E-state index is 13.1. The lowest BCUT2D eigenvalue weighted by atomic mass is 9.98. The van der Waals surface area contributed by atoms with Crippen molar-refractivity contribution in [1.29, 1.82) is 0 Å². The normalized spacial score (nSPS) is 12.4. The number of halogens is 4. The number of hydrogen-bond donors (Lipinski definition) is 1. The van der Waals surface area contributed by atoms with Gasteiger partial charge in [0.25, 0.3) is 0 Å². The summed E-state index contributed by atoms with van der Waals surface area (Å²) in [5.41, 5.74) is 3.46. The van der Waals surface area contributed by atoms with Crippen LogP contribution in [0.3, 0.4) is 0 Å². The van der Waals surface area contributed by atoms with E-state index in [0.29, 0.717) is 0 Å². The lowest BCUT2D eigenvalue weighted by molar-refractivity contribution is -0.137. The first kappa shape index (κ1) is 22.8. The molecule has 0 atom stereocenters. The van der Waals surface area contributed by atoms with Gasteiger partial charge in [0.05, 0.1) is 5.56 Å². The highest BCUT2D eigenvalue weighted by Crippen LogP contribution is 2.44. The molecule has 1 aliphatic rings. The molecule has 0 fully saturated rings. The average Bonchev–Trinajstić information content (AvgIpc) is 3.11. The molecule has 0 saturated carbocycles. The zero-order chi connectivity index (χ0) is 23.4. The highest BCUT2D eigenvalue weighted by atomic mass is 35.5. The van der Waals surface area contributed by atoms with Crippen molar-refractivity contribution in [2.45, 2.75) is 18.5 Å². The van der Waals surface area contributed by atoms with Crippen LogP contribution in [-0.2, 0) is 10.9 Å². The monoisotopic (exact) mass is 469 g/mol. The molecule has 33 heavy (non-hydrogen) atoms. The summed E-state index contributed by atoms with van der Waals surface area (Å²) < 4.78 is 44.7. The van der Waals surface area contributed by atoms with Gasteiger partial charge in [0.15, 0.2) is 0 Å². The van der Waals surface area contributed by atoms with Crippen LogP contribution in [-0.4, -0.2) is 19.2 Å². The van der Waals surface area contributed by atoms with Gasteiger partial charge in [-0.25, -0.2) is 4.79 Å². The second-order valence-corrected chi connectivity index (χ2v) is 7.93. The van der Waals surface area contributed by atoms with Gasteiger partial charge in [0.1, 0.15) is 6.61 Å². The number of benzene rings is 3. The minimum atomic E-state index is -4.55. The quantitative estimate of drug-likeness (QED) is 0.343. The minimum Gasteiger partial charge on any atom is -0.449 e. The van der Waals surface area contributed by atoms with Gasteiger partial charge in [0.2, 0.25) is 0 Å². The summed E-state index contributed by atoms with van der Waals surface area (Å²) in [6.45, 7) is 0.337. The van der Waals surface area contributed by atoms with E-state index in [4.69, 9.17) is 16.3 Å². The number of hydrogen-bond acceptors (Lipinski definition) is 2. The Kier molecular flexibility index (Phi) is 6.62. The Morgan fingerprint density at radius 2 is 1.64 bits per heavy atom. The maximum Gasteiger partial charge on any atom is 0.417 e. The minimum absolute atomic E-state index is 0.00945. The van der Waals surface area contributed by atoms with Crippen LogP contribution in [0.1, 0.15) is 34.6 Å². The van der Waals surface area contributed by atoms with E-state index in [1.165, 1.54) is 12.1 Å². The molecular weight excluding hydrogens is 451 g/mol. The van der Waals surface area contributed by atoms with E-state index in [9.17, 15) is 18.0 Å². The van der Waals surface area contributed by atoms with E-state index in [1.807, 2.05) is 36.4 Å². The first-order chi connectivity index (χ1) is 15.8. The highest BCUT2D eigenvalue weighted by molar-refractivity contribution is 6.30. The average molecular weight is 470 g/mol. The van der Waals surface area contributed by atoms with Crippen molar-refractivity contribution in [3.05, 3.63) is 94.0 Å². The number of carbonyl (C=O) groups is 1. The fourth-order valence-electron chi connectivity index (χ4n) is 3.89. The van der Waals surface area contributed by atoms with Crippen LogP contribution in [0.15, 0.2) is 66.7 Å². The SMILES string of the molecule is O=C(NCCC#Cc1ccc(Cl)cc1C(F)(F)F)OCC1c2ccccc2-c2ccccc21. The molecule has 0 heterocycles. The molecule has 3 aromatic carbocycles. The summed E-state index contributed by atoms with van der Waals surface area (Å²) in [4.78, 5) is 12.1. The molecule has 0 aliphatic heterocycles. The lowest BCUT2D eigenvalue weighted by Gasteiger charge is -2.14. The van der Waals surface area contributed by atoms with Crippen molar-refractivity contribution in [2.24, 2.45) is 0 Å². The molecule has 0 unspecified atom stereocenters. The van der Waals surface area contributed by atoms with Gasteiger partial charge in [-0.15, -0.1) is 0 Å². The molecule has 0 spiro atoms. The number of rotatable bonds is 4. The second-order valence-electron chi connectivity index (χ2n) is 7.49. The number of alkyl carbamates (subject to hydrolysis) is 1. The number of nitrogens with one attached hydrogen (secondary N) is 1. The Morgan fingerprint density at radius 1 is 1.00 bits per heavy atom. The predicted octanol–water partition coefficient (Wildman–Crippen LogP) is 6.64. The first-order valence-electron chi connectivity index (χ1n) is 10.3. The van der Waals surface area contributed by atoms with Crippen LogP contribution in [0.5, 0.6) is 0 Å². The molecule has 1 amide bonds. The molecule has 7 heteroatoms. The van der Waals surface area contributed by atoms with Crippen LogP contribution in [0.4, 0.5) is 18.0 Å². The van der Waals surface area contributed by atoms with Gasteiger partial charge in [-0.1, -0.05) is 72.0 Å². The largest absolute Gasteiger partial charge is 0.449 e. The van der Waals surface area contributed by atoms with Crippen molar-refractivity contribution < 1.29 is 22.7 Å². The smallest absolute Gasteiger partial charge is 0.417 e.